The first-order valence-corrected chi connectivity index (χ1v) is 10.2. The van der Waals surface area contributed by atoms with Gasteiger partial charge in [0, 0.05) is 16.5 Å². The van der Waals surface area contributed by atoms with Gasteiger partial charge in [-0.2, -0.15) is 0 Å². The molecule has 28 heavy (non-hydrogen) atoms. The van der Waals surface area contributed by atoms with Crippen LogP contribution < -0.4 is 4.74 Å². The van der Waals surface area contributed by atoms with Gasteiger partial charge in [0.25, 0.3) is 0 Å². The van der Waals surface area contributed by atoms with Crippen molar-refractivity contribution >= 4 is 10.9 Å². The van der Waals surface area contributed by atoms with Crippen LogP contribution in [0.2, 0.25) is 0 Å². The summed E-state index contributed by atoms with van der Waals surface area (Å²) in [6, 6.07) is 27.6. The van der Waals surface area contributed by atoms with E-state index < -0.39 is 0 Å². The fraction of sp³-hybridized carbons (Fsp3) is 0.231. The normalized spacial score (nSPS) is 13.8. The first kappa shape index (κ1) is 19.8. The molecule has 0 saturated heterocycles. The lowest BCUT2D eigenvalue weighted by Gasteiger charge is -2.30. The highest BCUT2D eigenvalue weighted by molar-refractivity contribution is 5.89. The topological polar surface area (TPSA) is 14.2 Å². The SMILES string of the molecule is CC.CC.Cc1ccc2c(c1)OC(c1ccccc1)n1c-2cc2ccccc21. The minimum Gasteiger partial charge on any atom is -0.465 e. The highest BCUT2D eigenvalue weighted by atomic mass is 16.5. The minimum absolute atomic E-state index is 0.143. The van der Waals surface area contributed by atoms with Gasteiger partial charge in [0.1, 0.15) is 5.75 Å². The van der Waals surface area contributed by atoms with Gasteiger partial charge in [-0.1, -0.05) is 82.3 Å². The van der Waals surface area contributed by atoms with Crippen molar-refractivity contribution in [3.8, 4) is 17.0 Å². The van der Waals surface area contributed by atoms with Gasteiger partial charge in [0.05, 0.1) is 11.2 Å². The fourth-order valence-corrected chi connectivity index (χ4v) is 3.58. The highest BCUT2D eigenvalue weighted by Gasteiger charge is 2.28. The summed E-state index contributed by atoms with van der Waals surface area (Å²) in [6.45, 7) is 10.1. The van der Waals surface area contributed by atoms with Crippen LogP contribution in [0.25, 0.3) is 22.2 Å². The number of aryl methyl sites for hydroxylation is 1. The molecule has 2 nitrogen and oxygen atoms in total. The van der Waals surface area contributed by atoms with Gasteiger partial charge < -0.3 is 9.30 Å². The van der Waals surface area contributed by atoms with Gasteiger partial charge >= 0.3 is 0 Å². The van der Waals surface area contributed by atoms with E-state index in [0.29, 0.717) is 0 Å². The monoisotopic (exact) mass is 371 g/mol. The van der Waals surface area contributed by atoms with Gasteiger partial charge in [-0.3, -0.25) is 0 Å². The summed E-state index contributed by atoms with van der Waals surface area (Å²) in [5, 5.41) is 1.24. The van der Waals surface area contributed by atoms with Crippen LogP contribution in [0.1, 0.15) is 45.0 Å². The molecule has 0 saturated carbocycles. The maximum atomic E-state index is 6.45. The summed E-state index contributed by atoms with van der Waals surface area (Å²) in [4.78, 5) is 0. The molecular formula is C26H29NO. The maximum absolute atomic E-state index is 6.45. The van der Waals surface area contributed by atoms with Gasteiger partial charge in [-0.25, -0.2) is 0 Å². The van der Waals surface area contributed by atoms with Crippen LogP contribution in [0.3, 0.4) is 0 Å². The van der Waals surface area contributed by atoms with Gasteiger partial charge in [-0.15, -0.1) is 0 Å². The smallest absolute Gasteiger partial charge is 0.203 e. The van der Waals surface area contributed by atoms with Gasteiger partial charge in [0.15, 0.2) is 0 Å². The third kappa shape index (κ3) is 3.43. The largest absolute Gasteiger partial charge is 0.465 e. The van der Waals surface area contributed by atoms with E-state index in [4.69, 9.17) is 4.74 Å². The van der Waals surface area contributed by atoms with Crippen molar-refractivity contribution in [1.29, 1.82) is 0 Å². The fourth-order valence-electron chi connectivity index (χ4n) is 3.58. The Kier molecular flexibility index (Phi) is 6.20. The summed E-state index contributed by atoms with van der Waals surface area (Å²) in [5.74, 6) is 0.958. The van der Waals surface area contributed by atoms with Crippen LogP contribution >= 0.6 is 0 Å². The number of hydrogen-bond donors (Lipinski definition) is 0. The Morgan fingerprint density at radius 1 is 0.750 bits per heavy atom. The van der Waals surface area contributed by atoms with E-state index in [1.54, 1.807) is 0 Å². The van der Waals surface area contributed by atoms with Crippen molar-refractivity contribution in [1.82, 2.24) is 4.57 Å². The number of ether oxygens (including phenoxy) is 1. The summed E-state index contributed by atoms with van der Waals surface area (Å²) in [7, 11) is 0. The number of rotatable bonds is 1. The molecule has 0 radical (unpaired) electrons. The van der Waals surface area contributed by atoms with E-state index in [0.717, 1.165) is 16.9 Å². The zero-order valence-corrected chi connectivity index (χ0v) is 17.4. The first-order valence-electron chi connectivity index (χ1n) is 10.2. The Bertz CT molecular complexity index is 1050. The average molecular weight is 372 g/mol. The number of benzene rings is 3. The lowest BCUT2D eigenvalue weighted by molar-refractivity contribution is 0.173. The molecule has 144 valence electrons. The highest BCUT2D eigenvalue weighted by Crippen LogP contribution is 2.44. The average Bonchev–Trinajstić information content (AvgIpc) is 3.16. The minimum atomic E-state index is -0.143. The quantitative estimate of drug-likeness (QED) is 0.336. The van der Waals surface area contributed by atoms with Gasteiger partial charge in [0.2, 0.25) is 6.23 Å². The molecule has 1 aliphatic rings. The molecule has 0 amide bonds. The molecule has 3 aromatic carbocycles. The third-order valence-corrected chi connectivity index (χ3v) is 4.72. The lowest BCUT2D eigenvalue weighted by atomic mass is 10.1. The Labute approximate surface area is 168 Å². The third-order valence-electron chi connectivity index (χ3n) is 4.72. The molecule has 2 heterocycles. The molecular weight excluding hydrogens is 342 g/mol. The number of nitrogens with zero attached hydrogens (tertiary/aromatic N) is 1. The first-order chi connectivity index (χ1) is 13.8. The number of fused-ring (bicyclic) bond motifs is 5. The number of aromatic nitrogens is 1. The van der Waals surface area contributed by atoms with Crippen LogP contribution in [0.15, 0.2) is 78.9 Å². The predicted octanol–water partition coefficient (Wildman–Crippen LogP) is 7.61. The molecule has 2 heteroatoms. The van der Waals surface area contributed by atoms with Crippen molar-refractivity contribution in [2.45, 2.75) is 40.8 Å². The molecule has 1 atom stereocenters. The standard InChI is InChI=1S/C22H17NO.2C2H6/c1-15-11-12-18-20-14-17-9-5-6-10-19(17)23(20)22(24-21(18)13-15)16-7-3-2-4-8-16;2*1-2/h2-14,22H,1H3;2*1-2H3. The molecule has 0 N–H and O–H groups in total. The van der Waals surface area contributed by atoms with Crippen LogP contribution in [0.5, 0.6) is 5.75 Å². The zero-order chi connectivity index (χ0) is 20.1. The second kappa shape index (κ2) is 8.79. The molecule has 5 rings (SSSR count). The maximum Gasteiger partial charge on any atom is 0.203 e. The van der Waals surface area contributed by atoms with E-state index in [1.807, 2.05) is 33.8 Å². The van der Waals surface area contributed by atoms with E-state index in [1.165, 1.54) is 22.2 Å². The van der Waals surface area contributed by atoms with E-state index in [-0.39, 0.29) is 6.23 Å². The summed E-state index contributed by atoms with van der Waals surface area (Å²) >= 11 is 0. The molecule has 0 spiro atoms. The zero-order valence-electron chi connectivity index (χ0n) is 17.4. The second-order valence-electron chi connectivity index (χ2n) is 6.34. The van der Waals surface area contributed by atoms with Crippen molar-refractivity contribution in [2.75, 3.05) is 0 Å². The van der Waals surface area contributed by atoms with Crippen molar-refractivity contribution in [3.63, 3.8) is 0 Å². The molecule has 1 unspecified atom stereocenters. The number of para-hydroxylation sites is 1. The van der Waals surface area contributed by atoms with Crippen LogP contribution in [-0.2, 0) is 0 Å². The number of hydrogen-bond acceptors (Lipinski definition) is 1. The van der Waals surface area contributed by atoms with Crippen LogP contribution in [0, 0.1) is 6.92 Å². The Morgan fingerprint density at radius 2 is 1.43 bits per heavy atom. The molecule has 1 aliphatic heterocycles. The van der Waals surface area contributed by atoms with Crippen molar-refractivity contribution < 1.29 is 4.74 Å². The summed E-state index contributed by atoms with van der Waals surface area (Å²) in [6.07, 6.45) is -0.143. The molecule has 0 fully saturated rings. The van der Waals surface area contributed by atoms with E-state index in [9.17, 15) is 0 Å². The Morgan fingerprint density at radius 3 is 2.18 bits per heavy atom. The van der Waals surface area contributed by atoms with Gasteiger partial charge in [-0.05, 0) is 36.8 Å². The van der Waals surface area contributed by atoms with Crippen molar-refractivity contribution in [3.05, 3.63) is 90.0 Å². The molecule has 0 aliphatic carbocycles. The van der Waals surface area contributed by atoms with E-state index in [2.05, 4.69) is 84.3 Å². The molecule has 4 aromatic rings. The predicted molar refractivity (Wildman–Crippen MR) is 120 cm³/mol. The van der Waals surface area contributed by atoms with Crippen molar-refractivity contribution in [2.24, 2.45) is 0 Å². The Hall–Kier alpha value is -3.00. The summed E-state index contributed by atoms with van der Waals surface area (Å²) < 4.78 is 8.76. The Balaban J connectivity index is 0.000000531. The lowest BCUT2D eigenvalue weighted by Crippen LogP contribution is -2.22. The summed E-state index contributed by atoms with van der Waals surface area (Å²) in [5.41, 5.74) is 5.94. The second-order valence-corrected chi connectivity index (χ2v) is 6.34. The molecule has 0 bridgehead atoms. The van der Waals surface area contributed by atoms with Crippen LogP contribution in [-0.4, -0.2) is 4.57 Å². The van der Waals surface area contributed by atoms with E-state index >= 15 is 0 Å². The molecule has 1 aromatic heterocycles. The van der Waals surface area contributed by atoms with Crippen LogP contribution in [0.4, 0.5) is 0 Å².